The summed E-state index contributed by atoms with van der Waals surface area (Å²) in [5.41, 5.74) is 5.73. The Balaban J connectivity index is 1.42. The summed E-state index contributed by atoms with van der Waals surface area (Å²) in [5, 5.41) is 9.87. The summed E-state index contributed by atoms with van der Waals surface area (Å²) in [4.78, 5) is 16.5. The van der Waals surface area contributed by atoms with Gasteiger partial charge >= 0.3 is 5.97 Å². The van der Waals surface area contributed by atoms with Crippen molar-refractivity contribution in [3.63, 3.8) is 0 Å². The SMILES string of the molecule is Cc1cc(COc2ccc3[nH]c(CCC(=O)O)cc3c2)ccc1N1CCCC1. The van der Waals surface area contributed by atoms with Crippen LogP contribution in [0.4, 0.5) is 5.69 Å². The van der Waals surface area contributed by atoms with E-state index in [-0.39, 0.29) is 6.42 Å². The van der Waals surface area contributed by atoms with Gasteiger partial charge in [-0.3, -0.25) is 4.79 Å². The van der Waals surface area contributed by atoms with E-state index in [0.717, 1.165) is 41.0 Å². The summed E-state index contributed by atoms with van der Waals surface area (Å²) in [6.45, 7) is 5.01. The number of carbonyl (C=O) groups is 1. The first kappa shape index (κ1) is 18.4. The molecule has 0 spiro atoms. The van der Waals surface area contributed by atoms with Crippen LogP contribution in [-0.2, 0) is 17.8 Å². The Bertz CT molecular complexity index is 987. The Morgan fingerprint density at radius 2 is 1.96 bits per heavy atom. The molecular weight excluding hydrogens is 352 g/mol. The standard InChI is InChI=1S/C23H26N2O3/c1-16-12-17(4-8-22(16)25-10-2-3-11-25)15-28-20-6-7-21-18(14-20)13-19(24-21)5-9-23(26)27/h4,6-8,12-14,24H,2-3,5,9-11,15H2,1H3,(H,26,27). The van der Waals surface area contributed by atoms with Crippen molar-refractivity contribution < 1.29 is 14.6 Å². The highest BCUT2D eigenvalue weighted by atomic mass is 16.5. The summed E-state index contributed by atoms with van der Waals surface area (Å²) in [7, 11) is 0. The fourth-order valence-electron chi connectivity index (χ4n) is 3.92. The summed E-state index contributed by atoms with van der Waals surface area (Å²) in [5.74, 6) is 0.0336. The molecule has 0 unspecified atom stereocenters. The van der Waals surface area contributed by atoms with Gasteiger partial charge in [0.25, 0.3) is 0 Å². The third kappa shape index (κ3) is 4.14. The molecule has 28 heavy (non-hydrogen) atoms. The average Bonchev–Trinajstić information content (AvgIpc) is 3.34. The zero-order valence-electron chi connectivity index (χ0n) is 16.2. The fourth-order valence-corrected chi connectivity index (χ4v) is 3.92. The minimum absolute atomic E-state index is 0.128. The van der Waals surface area contributed by atoms with Crippen molar-refractivity contribution in [2.75, 3.05) is 18.0 Å². The molecule has 146 valence electrons. The minimum atomic E-state index is -0.784. The van der Waals surface area contributed by atoms with Crippen molar-refractivity contribution in [2.45, 2.75) is 39.2 Å². The van der Waals surface area contributed by atoms with Crippen LogP contribution in [0.3, 0.4) is 0 Å². The number of anilines is 1. The maximum atomic E-state index is 10.7. The van der Waals surface area contributed by atoms with Gasteiger partial charge in [0, 0.05) is 35.4 Å². The topological polar surface area (TPSA) is 65.6 Å². The van der Waals surface area contributed by atoms with Crippen LogP contribution in [0, 0.1) is 6.92 Å². The molecule has 0 radical (unpaired) electrons. The number of H-pyrrole nitrogens is 1. The van der Waals surface area contributed by atoms with Gasteiger partial charge < -0.3 is 19.7 Å². The maximum Gasteiger partial charge on any atom is 0.303 e. The summed E-state index contributed by atoms with van der Waals surface area (Å²) >= 11 is 0. The van der Waals surface area contributed by atoms with Gasteiger partial charge in [-0.2, -0.15) is 0 Å². The molecule has 4 rings (SSSR count). The van der Waals surface area contributed by atoms with E-state index in [1.807, 2.05) is 24.3 Å². The quantitative estimate of drug-likeness (QED) is 0.627. The smallest absolute Gasteiger partial charge is 0.303 e. The fraction of sp³-hybridized carbons (Fsp3) is 0.348. The van der Waals surface area contributed by atoms with Crippen LogP contribution in [-0.4, -0.2) is 29.1 Å². The molecule has 1 aliphatic rings. The van der Waals surface area contributed by atoms with Crippen molar-refractivity contribution >= 4 is 22.6 Å². The number of fused-ring (bicyclic) bond motifs is 1. The lowest BCUT2D eigenvalue weighted by atomic mass is 10.1. The third-order valence-electron chi connectivity index (χ3n) is 5.37. The summed E-state index contributed by atoms with van der Waals surface area (Å²) in [6, 6.07) is 14.5. The number of nitrogens with one attached hydrogen (secondary N) is 1. The van der Waals surface area contributed by atoms with Gasteiger partial charge in [-0.25, -0.2) is 0 Å². The van der Waals surface area contributed by atoms with Crippen LogP contribution < -0.4 is 9.64 Å². The maximum absolute atomic E-state index is 10.7. The number of aryl methyl sites for hydroxylation is 2. The molecular formula is C23H26N2O3. The Hall–Kier alpha value is -2.95. The lowest BCUT2D eigenvalue weighted by Crippen LogP contribution is -2.18. The van der Waals surface area contributed by atoms with E-state index in [1.165, 1.54) is 24.1 Å². The predicted molar refractivity (Wildman–Crippen MR) is 111 cm³/mol. The highest BCUT2D eigenvalue weighted by Gasteiger charge is 2.14. The van der Waals surface area contributed by atoms with Gasteiger partial charge in [0.2, 0.25) is 0 Å². The van der Waals surface area contributed by atoms with E-state index >= 15 is 0 Å². The number of carboxylic acid groups (broad SMARTS) is 1. The van der Waals surface area contributed by atoms with Crippen LogP contribution in [0.15, 0.2) is 42.5 Å². The molecule has 5 nitrogen and oxygen atoms in total. The van der Waals surface area contributed by atoms with E-state index in [1.54, 1.807) is 0 Å². The lowest BCUT2D eigenvalue weighted by molar-refractivity contribution is -0.136. The number of aliphatic carboxylic acids is 1. The second kappa shape index (κ2) is 7.97. The molecule has 1 fully saturated rings. The van der Waals surface area contributed by atoms with Gasteiger partial charge in [-0.05, 0) is 67.6 Å². The molecule has 0 aliphatic carbocycles. The van der Waals surface area contributed by atoms with Crippen LogP contribution in [0.2, 0.25) is 0 Å². The monoisotopic (exact) mass is 378 g/mol. The Morgan fingerprint density at radius 3 is 2.71 bits per heavy atom. The number of ether oxygens (including phenoxy) is 1. The van der Waals surface area contributed by atoms with Crippen LogP contribution in [0.25, 0.3) is 10.9 Å². The molecule has 0 bridgehead atoms. The molecule has 2 heterocycles. The van der Waals surface area contributed by atoms with Gasteiger partial charge in [0.15, 0.2) is 0 Å². The number of hydrogen-bond donors (Lipinski definition) is 2. The first-order chi connectivity index (χ1) is 13.6. The van der Waals surface area contributed by atoms with Crippen LogP contribution in [0.5, 0.6) is 5.75 Å². The van der Waals surface area contributed by atoms with Gasteiger partial charge in [0.1, 0.15) is 12.4 Å². The van der Waals surface area contributed by atoms with Crippen molar-refractivity contribution in [3.05, 3.63) is 59.3 Å². The first-order valence-corrected chi connectivity index (χ1v) is 9.89. The Morgan fingerprint density at radius 1 is 1.14 bits per heavy atom. The number of benzene rings is 2. The van der Waals surface area contributed by atoms with E-state index in [4.69, 9.17) is 9.84 Å². The Labute approximate surface area is 164 Å². The molecule has 0 amide bonds. The van der Waals surface area contributed by atoms with Gasteiger partial charge in [-0.15, -0.1) is 0 Å². The minimum Gasteiger partial charge on any atom is -0.489 e. The number of hydrogen-bond acceptors (Lipinski definition) is 3. The average molecular weight is 378 g/mol. The molecule has 0 atom stereocenters. The van der Waals surface area contributed by atoms with E-state index in [0.29, 0.717) is 13.0 Å². The summed E-state index contributed by atoms with van der Waals surface area (Å²) < 4.78 is 6.01. The number of carboxylic acids is 1. The normalized spacial score (nSPS) is 14.0. The van der Waals surface area contributed by atoms with Crippen molar-refractivity contribution in [3.8, 4) is 5.75 Å². The largest absolute Gasteiger partial charge is 0.489 e. The second-order valence-electron chi connectivity index (χ2n) is 7.54. The molecule has 1 aromatic heterocycles. The van der Waals surface area contributed by atoms with Crippen molar-refractivity contribution in [1.29, 1.82) is 0 Å². The zero-order valence-corrected chi connectivity index (χ0v) is 16.2. The van der Waals surface area contributed by atoms with E-state index < -0.39 is 5.97 Å². The van der Waals surface area contributed by atoms with E-state index in [2.05, 4.69) is 35.0 Å². The first-order valence-electron chi connectivity index (χ1n) is 9.89. The number of nitrogens with zero attached hydrogens (tertiary/aromatic N) is 1. The molecule has 2 aromatic carbocycles. The predicted octanol–water partition coefficient (Wildman–Crippen LogP) is 4.67. The summed E-state index contributed by atoms with van der Waals surface area (Å²) in [6.07, 6.45) is 3.19. The van der Waals surface area contributed by atoms with Gasteiger partial charge in [-0.1, -0.05) is 12.1 Å². The molecule has 5 heteroatoms. The molecule has 3 aromatic rings. The molecule has 0 saturated carbocycles. The van der Waals surface area contributed by atoms with Crippen LogP contribution in [0.1, 0.15) is 36.1 Å². The third-order valence-corrected chi connectivity index (χ3v) is 5.37. The Kier molecular flexibility index (Phi) is 5.24. The number of rotatable bonds is 7. The lowest BCUT2D eigenvalue weighted by Gasteiger charge is -2.20. The van der Waals surface area contributed by atoms with E-state index in [9.17, 15) is 4.79 Å². The van der Waals surface area contributed by atoms with Crippen LogP contribution >= 0.6 is 0 Å². The highest BCUT2D eigenvalue weighted by molar-refractivity contribution is 5.82. The molecule has 1 saturated heterocycles. The molecule has 1 aliphatic heterocycles. The molecule has 2 N–H and O–H groups in total. The highest BCUT2D eigenvalue weighted by Crippen LogP contribution is 2.26. The number of aromatic amines is 1. The van der Waals surface area contributed by atoms with Gasteiger partial charge in [0.05, 0.1) is 6.42 Å². The zero-order chi connectivity index (χ0) is 19.5. The second-order valence-corrected chi connectivity index (χ2v) is 7.54. The van der Waals surface area contributed by atoms with Crippen molar-refractivity contribution in [2.24, 2.45) is 0 Å². The van der Waals surface area contributed by atoms with Crippen molar-refractivity contribution in [1.82, 2.24) is 4.98 Å². The number of aromatic nitrogens is 1.